The van der Waals surface area contributed by atoms with Crippen molar-refractivity contribution in [2.24, 2.45) is 0 Å². The smallest absolute Gasteiger partial charge is 0.242 e. The third kappa shape index (κ3) is 3.76. The van der Waals surface area contributed by atoms with Crippen LogP contribution in [-0.2, 0) is 4.79 Å². The van der Waals surface area contributed by atoms with Crippen LogP contribution in [0.25, 0.3) is 0 Å². The minimum Gasteiger partial charge on any atom is -0.497 e. The predicted octanol–water partition coefficient (Wildman–Crippen LogP) is 2.53. The molecule has 1 aliphatic rings. The summed E-state index contributed by atoms with van der Waals surface area (Å²) >= 11 is 0. The Morgan fingerprint density at radius 2 is 1.88 bits per heavy atom. The minimum absolute atomic E-state index is 0.156. The van der Waals surface area contributed by atoms with Gasteiger partial charge in [-0.05, 0) is 24.6 Å². The first-order valence-corrected chi connectivity index (χ1v) is 8.00. The van der Waals surface area contributed by atoms with Gasteiger partial charge in [-0.3, -0.25) is 4.79 Å². The molecule has 2 aromatic carbocycles. The summed E-state index contributed by atoms with van der Waals surface area (Å²) in [6, 6.07) is 7.97. The number of hydrazine groups is 1. The fraction of sp³-hybridized carbons (Fsp3) is 0.278. The maximum atomic E-state index is 13.3. The number of anilines is 1. The van der Waals surface area contributed by atoms with Crippen LogP contribution < -0.4 is 25.6 Å². The number of rotatable bonds is 5. The van der Waals surface area contributed by atoms with Crippen molar-refractivity contribution in [3.05, 3.63) is 53.6 Å². The highest BCUT2D eigenvalue weighted by molar-refractivity contribution is 5.95. The summed E-state index contributed by atoms with van der Waals surface area (Å²) in [6.07, 6.45) is 0.457. The van der Waals surface area contributed by atoms with Gasteiger partial charge in [0.25, 0.3) is 0 Å². The number of carbonyl (C=O) groups excluding carboxylic acids is 1. The van der Waals surface area contributed by atoms with Gasteiger partial charge in [0.1, 0.15) is 17.5 Å². The molecule has 1 saturated heterocycles. The van der Waals surface area contributed by atoms with Crippen molar-refractivity contribution in [3.63, 3.8) is 0 Å². The molecule has 3 N–H and O–H groups in total. The SMILES string of the molecule is COc1ccc(C2CC(C(=O)Nc3ccc(F)c(F)c3)NN2)c(OC)c1. The summed E-state index contributed by atoms with van der Waals surface area (Å²) in [5.41, 5.74) is 7.05. The molecule has 0 bridgehead atoms. The Hall–Kier alpha value is -2.71. The molecule has 2 atom stereocenters. The molecule has 0 aliphatic carbocycles. The van der Waals surface area contributed by atoms with Gasteiger partial charge in [0.15, 0.2) is 11.6 Å². The van der Waals surface area contributed by atoms with E-state index in [1.165, 1.54) is 6.07 Å². The lowest BCUT2D eigenvalue weighted by molar-refractivity contribution is -0.117. The lowest BCUT2D eigenvalue weighted by Crippen LogP contribution is -2.39. The molecule has 8 heteroatoms. The van der Waals surface area contributed by atoms with E-state index in [9.17, 15) is 13.6 Å². The Balaban J connectivity index is 1.68. The topological polar surface area (TPSA) is 71.6 Å². The van der Waals surface area contributed by atoms with Crippen molar-refractivity contribution >= 4 is 11.6 Å². The van der Waals surface area contributed by atoms with Crippen LogP contribution in [0, 0.1) is 11.6 Å². The van der Waals surface area contributed by atoms with Gasteiger partial charge in [0.05, 0.1) is 20.3 Å². The zero-order chi connectivity index (χ0) is 18.7. The lowest BCUT2D eigenvalue weighted by Gasteiger charge is -2.15. The average molecular weight is 363 g/mol. The quantitative estimate of drug-likeness (QED) is 0.762. The van der Waals surface area contributed by atoms with E-state index in [-0.39, 0.29) is 17.6 Å². The van der Waals surface area contributed by atoms with Crippen LogP contribution in [-0.4, -0.2) is 26.2 Å². The molecule has 2 aromatic rings. The third-order valence-corrected chi connectivity index (χ3v) is 4.22. The highest BCUT2D eigenvalue weighted by Gasteiger charge is 2.31. The molecule has 2 unspecified atom stereocenters. The standard InChI is InChI=1S/C18H19F2N3O3/c1-25-11-4-5-12(17(8-11)26-2)15-9-16(23-22-15)18(24)21-10-3-6-13(19)14(20)7-10/h3-8,15-16,22-23H,9H2,1-2H3,(H,21,24). The summed E-state index contributed by atoms with van der Waals surface area (Å²) < 4.78 is 36.8. The van der Waals surface area contributed by atoms with Crippen LogP contribution in [0.4, 0.5) is 14.5 Å². The number of carbonyl (C=O) groups is 1. The van der Waals surface area contributed by atoms with Crippen LogP contribution in [0.5, 0.6) is 11.5 Å². The van der Waals surface area contributed by atoms with Crippen LogP contribution in [0.3, 0.4) is 0 Å². The van der Waals surface area contributed by atoms with E-state index in [0.29, 0.717) is 17.9 Å². The van der Waals surface area contributed by atoms with Gasteiger partial charge in [0, 0.05) is 23.4 Å². The van der Waals surface area contributed by atoms with Crippen molar-refractivity contribution in [1.82, 2.24) is 10.9 Å². The Kier molecular flexibility index (Phi) is 5.34. The molecule has 1 fully saturated rings. The lowest BCUT2D eigenvalue weighted by atomic mass is 10.0. The molecule has 1 aliphatic heterocycles. The molecule has 3 rings (SSSR count). The average Bonchev–Trinajstić information content (AvgIpc) is 3.14. The van der Waals surface area contributed by atoms with Crippen molar-refractivity contribution in [1.29, 1.82) is 0 Å². The van der Waals surface area contributed by atoms with Gasteiger partial charge in [0.2, 0.25) is 5.91 Å². The van der Waals surface area contributed by atoms with E-state index in [4.69, 9.17) is 9.47 Å². The van der Waals surface area contributed by atoms with E-state index in [0.717, 1.165) is 17.7 Å². The molecule has 1 heterocycles. The molecule has 0 saturated carbocycles. The zero-order valence-electron chi connectivity index (χ0n) is 14.3. The molecular weight excluding hydrogens is 344 g/mol. The number of benzene rings is 2. The van der Waals surface area contributed by atoms with E-state index < -0.39 is 17.7 Å². The fourth-order valence-corrected chi connectivity index (χ4v) is 2.84. The van der Waals surface area contributed by atoms with Crippen LogP contribution in [0.15, 0.2) is 36.4 Å². The number of halogens is 2. The Bertz CT molecular complexity index is 816. The van der Waals surface area contributed by atoms with Gasteiger partial charge in [-0.2, -0.15) is 0 Å². The monoisotopic (exact) mass is 363 g/mol. The number of nitrogens with one attached hydrogen (secondary N) is 3. The van der Waals surface area contributed by atoms with Gasteiger partial charge in [-0.25, -0.2) is 19.6 Å². The molecule has 1 amide bonds. The van der Waals surface area contributed by atoms with E-state index >= 15 is 0 Å². The van der Waals surface area contributed by atoms with E-state index in [1.54, 1.807) is 20.3 Å². The van der Waals surface area contributed by atoms with Crippen LogP contribution in [0.2, 0.25) is 0 Å². The number of methoxy groups -OCH3 is 2. The normalized spacial score (nSPS) is 19.2. The summed E-state index contributed by atoms with van der Waals surface area (Å²) in [5, 5.41) is 2.57. The highest BCUT2D eigenvalue weighted by Crippen LogP contribution is 2.33. The first-order valence-electron chi connectivity index (χ1n) is 8.00. The molecule has 26 heavy (non-hydrogen) atoms. The van der Waals surface area contributed by atoms with Crippen molar-refractivity contribution in [2.45, 2.75) is 18.5 Å². The molecule has 0 spiro atoms. The molecular formula is C18H19F2N3O3. The van der Waals surface area contributed by atoms with Gasteiger partial charge in [-0.15, -0.1) is 0 Å². The Morgan fingerprint density at radius 1 is 1.08 bits per heavy atom. The summed E-state index contributed by atoms with van der Waals surface area (Å²) in [5.74, 6) is -1.01. The second kappa shape index (κ2) is 7.67. The first-order chi connectivity index (χ1) is 12.5. The maximum absolute atomic E-state index is 13.3. The highest BCUT2D eigenvalue weighted by atomic mass is 19.2. The molecule has 6 nitrogen and oxygen atoms in total. The minimum atomic E-state index is -1.01. The van der Waals surface area contributed by atoms with Gasteiger partial charge < -0.3 is 14.8 Å². The van der Waals surface area contributed by atoms with Gasteiger partial charge in [-0.1, -0.05) is 6.07 Å². The molecule has 0 radical (unpaired) electrons. The summed E-state index contributed by atoms with van der Waals surface area (Å²) in [7, 11) is 3.14. The van der Waals surface area contributed by atoms with Gasteiger partial charge >= 0.3 is 0 Å². The zero-order valence-corrected chi connectivity index (χ0v) is 14.3. The molecule has 0 aromatic heterocycles. The second-order valence-electron chi connectivity index (χ2n) is 5.86. The largest absolute Gasteiger partial charge is 0.497 e. The Labute approximate surface area is 149 Å². The summed E-state index contributed by atoms with van der Waals surface area (Å²) in [6.45, 7) is 0. The van der Waals surface area contributed by atoms with Crippen LogP contribution in [0.1, 0.15) is 18.0 Å². The maximum Gasteiger partial charge on any atom is 0.242 e. The van der Waals surface area contributed by atoms with Crippen LogP contribution >= 0.6 is 0 Å². The van der Waals surface area contributed by atoms with Crippen molar-refractivity contribution in [2.75, 3.05) is 19.5 Å². The summed E-state index contributed by atoms with van der Waals surface area (Å²) in [4.78, 5) is 12.4. The number of hydrogen-bond acceptors (Lipinski definition) is 5. The predicted molar refractivity (Wildman–Crippen MR) is 92.0 cm³/mol. The first kappa shape index (κ1) is 18.1. The number of amides is 1. The third-order valence-electron chi connectivity index (χ3n) is 4.22. The van der Waals surface area contributed by atoms with E-state index in [1.807, 2.05) is 12.1 Å². The molecule has 138 valence electrons. The van der Waals surface area contributed by atoms with Crippen molar-refractivity contribution < 1.29 is 23.0 Å². The number of ether oxygens (including phenoxy) is 2. The van der Waals surface area contributed by atoms with E-state index in [2.05, 4.69) is 16.2 Å². The fourth-order valence-electron chi connectivity index (χ4n) is 2.84. The number of hydrogen-bond donors (Lipinski definition) is 3. The second-order valence-corrected chi connectivity index (χ2v) is 5.86. The Morgan fingerprint density at radius 3 is 2.58 bits per heavy atom. The van der Waals surface area contributed by atoms with Crippen molar-refractivity contribution in [3.8, 4) is 11.5 Å².